The molecule has 4 heteroatoms. The maximum Gasteiger partial charge on any atom is 0.123 e. The summed E-state index contributed by atoms with van der Waals surface area (Å²) in [6.45, 7) is 10.0. The van der Waals surface area contributed by atoms with Crippen LogP contribution in [0.1, 0.15) is 31.0 Å². The van der Waals surface area contributed by atoms with Gasteiger partial charge in [-0.25, -0.2) is 4.39 Å². The fourth-order valence-corrected chi connectivity index (χ4v) is 3.08. The first-order valence-corrected chi connectivity index (χ1v) is 7.27. The molecule has 1 aromatic carbocycles. The molecule has 1 heterocycles. The highest BCUT2D eigenvalue weighted by Crippen LogP contribution is 2.39. The van der Waals surface area contributed by atoms with Crippen molar-refractivity contribution in [3.05, 3.63) is 35.1 Å². The molecule has 1 aliphatic rings. The van der Waals surface area contributed by atoms with E-state index in [9.17, 15) is 9.50 Å². The molecule has 112 valence electrons. The molecule has 1 aromatic rings. The molecule has 0 radical (unpaired) electrons. The molecule has 1 aliphatic heterocycles. The van der Waals surface area contributed by atoms with Gasteiger partial charge in [0.1, 0.15) is 5.82 Å². The highest BCUT2D eigenvalue weighted by Gasteiger charge is 2.36. The third-order valence-corrected chi connectivity index (χ3v) is 4.19. The summed E-state index contributed by atoms with van der Waals surface area (Å²) in [6.07, 6.45) is 0. The van der Waals surface area contributed by atoms with Crippen LogP contribution in [0.5, 0.6) is 0 Å². The first-order valence-electron chi connectivity index (χ1n) is 7.27. The lowest BCUT2D eigenvalue weighted by Crippen LogP contribution is -2.49. The number of hydrogen-bond donors (Lipinski definition) is 2. The van der Waals surface area contributed by atoms with Crippen LogP contribution >= 0.6 is 0 Å². The predicted octanol–water partition coefficient (Wildman–Crippen LogP) is 2.10. The van der Waals surface area contributed by atoms with E-state index in [4.69, 9.17) is 0 Å². The second-order valence-electron chi connectivity index (χ2n) is 6.34. The molecule has 1 saturated heterocycles. The van der Waals surface area contributed by atoms with Crippen LogP contribution in [0.2, 0.25) is 0 Å². The first kappa shape index (κ1) is 15.4. The lowest BCUT2D eigenvalue weighted by molar-refractivity contribution is 0.0301. The molecule has 0 spiro atoms. The van der Waals surface area contributed by atoms with Crippen LogP contribution in [0.3, 0.4) is 0 Å². The molecular weight excluding hydrogens is 255 g/mol. The van der Waals surface area contributed by atoms with Crippen molar-refractivity contribution in [3.8, 4) is 0 Å². The SMILES string of the molecule is Cc1cc(F)ccc1[C@@H](N1CCNCC1)C(C)(C)CO. The number of aryl methyl sites for hydroxylation is 1. The number of hydrogen-bond acceptors (Lipinski definition) is 3. The van der Waals surface area contributed by atoms with E-state index in [1.165, 1.54) is 6.07 Å². The number of nitrogens with one attached hydrogen (secondary N) is 1. The van der Waals surface area contributed by atoms with Gasteiger partial charge in [-0.2, -0.15) is 0 Å². The van der Waals surface area contributed by atoms with E-state index in [0.717, 1.165) is 37.3 Å². The summed E-state index contributed by atoms with van der Waals surface area (Å²) in [5, 5.41) is 13.1. The third kappa shape index (κ3) is 3.19. The van der Waals surface area contributed by atoms with Crippen LogP contribution in [0.15, 0.2) is 18.2 Å². The minimum absolute atomic E-state index is 0.107. The van der Waals surface area contributed by atoms with Crippen molar-refractivity contribution in [2.24, 2.45) is 5.41 Å². The highest BCUT2D eigenvalue weighted by atomic mass is 19.1. The van der Waals surface area contributed by atoms with Crippen molar-refractivity contribution in [2.45, 2.75) is 26.8 Å². The second-order valence-corrected chi connectivity index (χ2v) is 6.34. The number of benzene rings is 1. The molecule has 0 saturated carbocycles. The number of rotatable bonds is 4. The Morgan fingerprint density at radius 1 is 1.35 bits per heavy atom. The van der Waals surface area contributed by atoms with E-state index in [2.05, 4.69) is 24.1 Å². The fraction of sp³-hybridized carbons (Fsp3) is 0.625. The molecule has 0 aliphatic carbocycles. The van der Waals surface area contributed by atoms with E-state index in [1.807, 2.05) is 13.0 Å². The van der Waals surface area contributed by atoms with Gasteiger partial charge in [0, 0.05) is 44.2 Å². The molecule has 20 heavy (non-hydrogen) atoms. The van der Waals surface area contributed by atoms with Gasteiger partial charge in [0.15, 0.2) is 0 Å². The first-order chi connectivity index (χ1) is 9.45. The fourth-order valence-electron chi connectivity index (χ4n) is 3.08. The highest BCUT2D eigenvalue weighted by molar-refractivity contribution is 5.31. The van der Waals surface area contributed by atoms with Crippen molar-refractivity contribution in [2.75, 3.05) is 32.8 Å². The topological polar surface area (TPSA) is 35.5 Å². The lowest BCUT2D eigenvalue weighted by atomic mass is 9.78. The van der Waals surface area contributed by atoms with Crippen LogP contribution in [0, 0.1) is 18.2 Å². The minimum atomic E-state index is -0.264. The van der Waals surface area contributed by atoms with E-state index in [1.54, 1.807) is 6.07 Å². The molecule has 2 N–H and O–H groups in total. The third-order valence-electron chi connectivity index (χ3n) is 4.19. The predicted molar refractivity (Wildman–Crippen MR) is 79.2 cm³/mol. The molecular formula is C16H25FN2O. The number of aliphatic hydroxyl groups excluding tert-OH is 1. The molecule has 0 unspecified atom stereocenters. The monoisotopic (exact) mass is 280 g/mol. The van der Waals surface area contributed by atoms with E-state index in [0.29, 0.717) is 0 Å². The van der Waals surface area contributed by atoms with Gasteiger partial charge in [-0.1, -0.05) is 19.9 Å². The number of piperazine rings is 1. The van der Waals surface area contributed by atoms with Crippen LogP contribution < -0.4 is 5.32 Å². The van der Waals surface area contributed by atoms with Gasteiger partial charge >= 0.3 is 0 Å². The molecule has 1 fully saturated rings. The van der Waals surface area contributed by atoms with E-state index in [-0.39, 0.29) is 23.9 Å². The number of halogens is 1. The Bertz CT molecular complexity index is 456. The van der Waals surface area contributed by atoms with Crippen LogP contribution in [0.4, 0.5) is 4.39 Å². The van der Waals surface area contributed by atoms with E-state index >= 15 is 0 Å². The Labute approximate surface area is 120 Å². The molecule has 0 bridgehead atoms. The van der Waals surface area contributed by atoms with Crippen LogP contribution in [-0.4, -0.2) is 42.8 Å². The second kappa shape index (κ2) is 6.20. The standard InChI is InChI=1S/C16H25FN2O/c1-12-10-13(17)4-5-14(12)15(16(2,3)11-20)19-8-6-18-7-9-19/h4-5,10,15,18,20H,6-9,11H2,1-3H3/t15-/m1/s1. The van der Waals surface area contributed by atoms with E-state index < -0.39 is 0 Å². The molecule has 0 amide bonds. The van der Waals surface area contributed by atoms with Crippen molar-refractivity contribution in [3.63, 3.8) is 0 Å². The zero-order valence-electron chi connectivity index (χ0n) is 12.6. The van der Waals surface area contributed by atoms with Gasteiger partial charge in [0.05, 0.1) is 0 Å². The smallest absolute Gasteiger partial charge is 0.123 e. The van der Waals surface area contributed by atoms with Crippen molar-refractivity contribution in [1.82, 2.24) is 10.2 Å². The average molecular weight is 280 g/mol. The van der Waals surface area contributed by atoms with Gasteiger partial charge in [0.2, 0.25) is 0 Å². The summed E-state index contributed by atoms with van der Waals surface area (Å²) in [4.78, 5) is 2.40. The lowest BCUT2D eigenvalue weighted by Gasteiger charge is -2.44. The summed E-state index contributed by atoms with van der Waals surface area (Å²) in [5.41, 5.74) is 1.81. The molecule has 0 aromatic heterocycles. The molecule has 3 nitrogen and oxygen atoms in total. The zero-order chi connectivity index (χ0) is 14.8. The normalized spacial score (nSPS) is 19.1. The number of nitrogens with zero attached hydrogens (tertiary/aromatic N) is 1. The quantitative estimate of drug-likeness (QED) is 0.886. The van der Waals surface area contributed by atoms with Gasteiger partial charge in [0.25, 0.3) is 0 Å². The Hall–Kier alpha value is -0.970. The average Bonchev–Trinajstić information content (AvgIpc) is 2.43. The number of aliphatic hydroxyl groups is 1. The summed E-state index contributed by atoms with van der Waals surface area (Å²) in [7, 11) is 0. The Morgan fingerprint density at radius 3 is 2.55 bits per heavy atom. The van der Waals surface area contributed by atoms with Gasteiger partial charge in [-0.15, -0.1) is 0 Å². The Balaban J connectivity index is 2.39. The molecule has 2 rings (SSSR count). The Morgan fingerprint density at radius 2 is 2.00 bits per heavy atom. The summed E-state index contributed by atoms with van der Waals surface area (Å²) >= 11 is 0. The van der Waals surface area contributed by atoms with Crippen LogP contribution in [-0.2, 0) is 0 Å². The van der Waals surface area contributed by atoms with Crippen molar-refractivity contribution >= 4 is 0 Å². The summed E-state index contributed by atoms with van der Waals surface area (Å²) < 4.78 is 13.4. The minimum Gasteiger partial charge on any atom is -0.396 e. The van der Waals surface area contributed by atoms with Crippen LogP contribution in [0.25, 0.3) is 0 Å². The van der Waals surface area contributed by atoms with Gasteiger partial charge in [-0.3, -0.25) is 4.90 Å². The van der Waals surface area contributed by atoms with Gasteiger partial charge < -0.3 is 10.4 Å². The zero-order valence-corrected chi connectivity index (χ0v) is 12.6. The summed E-state index contributed by atoms with van der Waals surface area (Å²) in [6, 6.07) is 5.08. The molecule has 1 atom stereocenters. The van der Waals surface area contributed by atoms with Crippen molar-refractivity contribution < 1.29 is 9.50 Å². The van der Waals surface area contributed by atoms with Crippen molar-refractivity contribution in [1.29, 1.82) is 0 Å². The Kier molecular flexibility index (Phi) is 4.78. The summed E-state index contributed by atoms with van der Waals surface area (Å²) in [5.74, 6) is -0.202. The maximum absolute atomic E-state index is 13.4. The van der Waals surface area contributed by atoms with Gasteiger partial charge in [-0.05, 0) is 30.2 Å². The largest absolute Gasteiger partial charge is 0.396 e. The maximum atomic E-state index is 13.4.